The molecule has 0 aromatic carbocycles. The Labute approximate surface area is 96.4 Å². The predicted octanol–water partition coefficient (Wildman–Crippen LogP) is 2.10. The Balaban J connectivity index is 1.82. The molecule has 0 atom stereocenters. The second kappa shape index (κ2) is 5.16. The summed E-state index contributed by atoms with van der Waals surface area (Å²) in [4.78, 5) is 4.42. The number of nitrogens with one attached hydrogen (secondary N) is 2. The van der Waals surface area contributed by atoms with E-state index in [1.54, 1.807) is 0 Å². The fourth-order valence-electron chi connectivity index (χ4n) is 1.92. The normalized spacial score (nSPS) is 23.6. The van der Waals surface area contributed by atoms with Crippen LogP contribution in [0.1, 0.15) is 19.8 Å². The van der Waals surface area contributed by atoms with E-state index in [0.29, 0.717) is 12.1 Å². The molecule has 0 aliphatic heterocycles. The standard InChI is InChI=1S/C12H19N3O/c1-3-16-10-7-9(8-10)14-12-6-4-5-11(13-2)15-12/h4-6,9-10H,3,7-8H2,1-2H3,(H2,13,14,15). The monoisotopic (exact) mass is 221 g/mol. The average molecular weight is 221 g/mol. The van der Waals surface area contributed by atoms with Crippen molar-refractivity contribution < 1.29 is 4.74 Å². The maximum Gasteiger partial charge on any atom is 0.128 e. The predicted molar refractivity (Wildman–Crippen MR) is 65.8 cm³/mol. The first-order valence-corrected chi connectivity index (χ1v) is 5.84. The van der Waals surface area contributed by atoms with Gasteiger partial charge in [0, 0.05) is 19.7 Å². The van der Waals surface area contributed by atoms with Gasteiger partial charge in [-0.15, -0.1) is 0 Å². The molecule has 0 radical (unpaired) electrons. The van der Waals surface area contributed by atoms with Gasteiger partial charge in [0.2, 0.25) is 0 Å². The van der Waals surface area contributed by atoms with E-state index in [0.717, 1.165) is 31.1 Å². The molecule has 4 nitrogen and oxygen atoms in total. The first-order chi connectivity index (χ1) is 7.81. The van der Waals surface area contributed by atoms with Gasteiger partial charge in [-0.25, -0.2) is 4.98 Å². The minimum atomic E-state index is 0.440. The summed E-state index contributed by atoms with van der Waals surface area (Å²) in [6.07, 6.45) is 2.61. The molecule has 1 heterocycles. The number of rotatable bonds is 5. The van der Waals surface area contributed by atoms with Crippen LogP contribution in [0.2, 0.25) is 0 Å². The molecule has 0 spiro atoms. The average Bonchev–Trinajstić information content (AvgIpc) is 2.27. The summed E-state index contributed by atoms with van der Waals surface area (Å²) < 4.78 is 5.52. The van der Waals surface area contributed by atoms with E-state index in [2.05, 4.69) is 15.6 Å². The zero-order chi connectivity index (χ0) is 11.4. The topological polar surface area (TPSA) is 46.2 Å². The molecule has 0 bridgehead atoms. The van der Waals surface area contributed by atoms with Gasteiger partial charge >= 0.3 is 0 Å². The number of hydrogen-bond acceptors (Lipinski definition) is 4. The zero-order valence-corrected chi connectivity index (χ0v) is 9.86. The number of nitrogens with zero attached hydrogens (tertiary/aromatic N) is 1. The van der Waals surface area contributed by atoms with Crippen LogP contribution in [0.3, 0.4) is 0 Å². The molecule has 1 aliphatic rings. The maximum atomic E-state index is 5.52. The molecule has 88 valence electrons. The lowest BCUT2D eigenvalue weighted by atomic mass is 9.89. The minimum absolute atomic E-state index is 0.440. The number of pyridine rings is 1. The number of ether oxygens (including phenoxy) is 1. The highest BCUT2D eigenvalue weighted by atomic mass is 16.5. The lowest BCUT2D eigenvalue weighted by Crippen LogP contribution is -2.41. The van der Waals surface area contributed by atoms with Crippen LogP contribution in [-0.4, -0.2) is 30.8 Å². The van der Waals surface area contributed by atoms with E-state index in [-0.39, 0.29) is 0 Å². The maximum absolute atomic E-state index is 5.52. The van der Waals surface area contributed by atoms with E-state index >= 15 is 0 Å². The zero-order valence-electron chi connectivity index (χ0n) is 9.86. The van der Waals surface area contributed by atoms with Crippen molar-refractivity contribution in [3.8, 4) is 0 Å². The van der Waals surface area contributed by atoms with Crippen molar-refractivity contribution >= 4 is 11.6 Å². The van der Waals surface area contributed by atoms with Crippen LogP contribution in [0.15, 0.2) is 18.2 Å². The van der Waals surface area contributed by atoms with Crippen LogP contribution in [0.25, 0.3) is 0 Å². The Kier molecular flexibility index (Phi) is 3.62. The lowest BCUT2D eigenvalue weighted by molar-refractivity contribution is 0.00293. The van der Waals surface area contributed by atoms with Crippen molar-refractivity contribution in [2.75, 3.05) is 24.3 Å². The van der Waals surface area contributed by atoms with Crippen LogP contribution in [0.5, 0.6) is 0 Å². The summed E-state index contributed by atoms with van der Waals surface area (Å²) in [7, 11) is 1.88. The van der Waals surface area contributed by atoms with Gasteiger partial charge < -0.3 is 15.4 Å². The van der Waals surface area contributed by atoms with E-state index in [9.17, 15) is 0 Å². The quantitative estimate of drug-likeness (QED) is 0.799. The summed E-state index contributed by atoms with van der Waals surface area (Å²) in [6, 6.07) is 6.46. The Morgan fingerprint density at radius 2 is 2.12 bits per heavy atom. The molecule has 1 aromatic heterocycles. The summed E-state index contributed by atoms with van der Waals surface area (Å²) >= 11 is 0. The lowest BCUT2D eigenvalue weighted by Gasteiger charge is -2.35. The van der Waals surface area contributed by atoms with Gasteiger partial charge in [0.05, 0.1) is 6.10 Å². The third-order valence-electron chi connectivity index (χ3n) is 2.85. The van der Waals surface area contributed by atoms with Gasteiger partial charge in [0.1, 0.15) is 11.6 Å². The van der Waals surface area contributed by atoms with Gasteiger partial charge in [0.25, 0.3) is 0 Å². The number of hydrogen-bond donors (Lipinski definition) is 2. The highest BCUT2D eigenvalue weighted by Crippen LogP contribution is 2.26. The molecule has 1 aromatic rings. The highest BCUT2D eigenvalue weighted by Gasteiger charge is 2.29. The van der Waals surface area contributed by atoms with Crippen LogP contribution in [0.4, 0.5) is 11.6 Å². The summed E-state index contributed by atoms with van der Waals surface area (Å²) in [6.45, 7) is 2.85. The van der Waals surface area contributed by atoms with Crippen LogP contribution < -0.4 is 10.6 Å². The van der Waals surface area contributed by atoms with E-state index in [4.69, 9.17) is 4.74 Å². The summed E-state index contributed by atoms with van der Waals surface area (Å²) in [5.41, 5.74) is 0. The van der Waals surface area contributed by atoms with E-state index < -0.39 is 0 Å². The molecular formula is C12H19N3O. The van der Waals surface area contributed by atoms with Crippen molar-refractivity contribution in [1.82, 2.24) is 4.98 Å². The molecule has 2 rings (SSSR count). The molecule has 2 N–H and O–H groups in total. The molecule has 1 aliphatic carbocycles. The SMILES string of the molecule is CCOC1CC(Nc2cccc(NC)n2)C1. The third-order valence-corrected chi connectivity index (χ3v) is 2.85. The fraction of sp³-hybridized carbons (Fsp3) is 0.583. The van der Waals surface area contributed by atoms with E-state index in [1.807, 2.05) is 32.2 Å². The van der Waals surface area contributed by atoms with Gasteiger partial charge in [-0.05, 0) is 31.9 Å². The summed E-state index contributed by atoms with van der Waals surface area (Å²) in [5, 5.41) is 6.44. The smallest absolute Gasteiger partial charge is 0.128 e. The molecule has 1 saturated carbocycles. The first-order valence-electron chi connectivity index (χ1n) is 5.84. The van der Waals surface area contributed by atoms with Crippen LogP contribution in [-0.2, 0) is 4.74 Å². The van der Waals surface area contributed by atoms with Crippen LogP contribution >= 0.6 is 0 Å². The second-order valence-corrected chi connectivity index (χ2v) is 4.05. The van der Waals surface area contributed by atoms with Crippen LogP contribution in [0, 0.1) is 0 Å². The highest BCUT2D eigenvalue weighted by molar-refractivity contribution is 5.45. The number of aromatic nitrogens is 1. The number of anilines is 2. The van der Waals surface area contributed by atoms with Gasteiger partial charge in [-0.3, -0.25) is 0 Å². The van der Waals surface area contributed by atoms with Crippen molar-refractivity contribution in [3.05, 3.63) is 18.2 Å². The second-order valence-electron chi connectivity index (χ2n) is 4.05. The Bertz CT molecular complexity index is 337. The molecule has 0 saturated heterocycles. The minimum Gasteiger partial charge on any atom is -0.378 e. The Morgan fingerprint density at radius 3 is 2.81 bits per heavy atom. The van der Waals surface area contributed by atoms with Gasteiger partial charge in [0.15, 0.2) is 0 Å². The molecule has 0 amide bonds. The van der Waals surface area contributed by atoms with Gasteiger partial charge in [-0.2, -0.15) is 0 Å². The van der Waals surface area contributed by atoms with Crippen molar-refractivity contribution in [3.63, 3.8) is 0 Å². The molecule has 1 fully saturated rings. The van der Waals surface area contributed by atoms with Crippen molar-refractivity contribution in [2.24, 2.45) is 0 Å². The van der Waals surface area contributed by atoms with Crippen molar-refractivity contribution in [1.29, 1.82) is 0 Å². The fourth-order valence-corrected chi connectivity index (χ4v) is 1.92. The van der Waals surface area contributed by atoms with Crippen molar-refractivity contribution in [2.45, 2.75) is 31.9 Å². The Morgan fingerprint density at radius 1 is 1.38 bits per heavy atom. The van der Waals surface area contributed by atoms with E-state index in [1.165, 1.54) is 0 Å². The summed E-state index contributed by atoms with van der Waals surface area (Å²) in [5.74, 6) is 1.83. The molecule has 0 unspecified atom stereocenters. The molecule has 4 heteroatoms. The first kappa shape index (κ1) is 11.2. The molecule has 16 heavy (non-hydrogen) atoms. The third kappa shape index (κ3) is 2.64. The molecular weight excluding hydrogens is 202 g/mol. The van der Waals surface area contributed by atoms with Gasteiger partial charge in [-0.1, -0.05) is 6.07 Å². The Hall–Kier alpha value is -1.29. The largest absolute Gasteiger partial charge is 0.378 e.